The normalized spacial score (nSPS) is 23.5. The number of aromatic hydroxyl groups is 1. The standard InChI is InChI=1S/C18H23FO5/c1-18(2)23-11-12(6-4-3-5-7-16(21)22)17(24-18)14-10-13(19)8-9-15(14)20/h3-4,8-10,12,17,20H,5-7,11H2,1-2H3,(H,21,22)/t12-,17+/m1/s1. The zero-order valence-corrected chi connectivity index (χ0v) is 13.9. The highest BCUT2D eigenvalue weighted by Crippen LogP contribution is 2.41. The van der Waals surface area contributed by atoms with E-state index >= 15 is 0 Å². The molecule has 24 heavy (non-hydrogen) atoms. The van der Waals surface area contributed by atoms with Crippen LogP contribution in [0.2, 0.25) is 0 Å². The maximum absolute atomic E-state index is 13.6. The van der Waals surface area contributed by atoms with Crippen molar-refractivity contribution < 1.29 is 28.9 Å². The minimum absolute atomic E-state index is 0.0149. The van der Waals surface area contributed by atoms with Gasteiger partial charge in [-0.25, -0.2) is 4.39 Å². The first-order valence-electron chi connectivity index (χ1n) is 7.95. The van der Waals surface area contributed by atoms with Gasteiger partial charge >= 0.3 is 5.97 Å². The van der Waals surface area contributed by atoms with Gasteiger partial charge in [0.25, 0.3) is 0 Å². The summed E-state index contributed by atoms with van der Waals surface area (Å²) in [5.41, 5.74) is 0.398. The zero-order chi connectivity index (χ0) is 17.7. The fourth-order valence-corrected chi connectivity index (χ4v) is 2.69. The van der Waals surface area contributed by atoms with Gasteiger partial charge in [-0.1, -0.05) is 12.2 Å². The van der Waals surface area contributed by atoms with E-state index in [1.807, 2.05) is 6.08 Å². The number of benzene rings is 1. The van der Waals surface area contributed by atoms with E-state index in [0.29, 0.717) is 25.0 Å². The van der Waals surface area contributed by atoms with Crippen molar-refractivity contribution in [3.63, 3.8) is 0 Å². The molecule has 1 aliphatic rings. The number of allylic oxidation sites excluding steroid dienone is 2. The number of hydrogen-bond acceptors (Lipinski definition) is 4. The predicted octanol–water partition coefficient (Wildman–Crippen LogP) is 3.78. The van der Waals surface area contributed by atoms with Gasteiger partial charge in [-0.3, -0.25) is 4.79 Å². The average Bonchev–Trinajstić information content (AvgIpc) is 2.50. The van der Waals surface area contributed by atoms with Crippen molar-refractivity contribution >= 4 is 5.97 Å². The third-order valence-corrected chi connectivity index (χ3v) is 3.91. The highest BCUT2D eigenvalue weighted by molar-refractivity contribution is 5.66. The average molecular weight is 338 g/mol. The van der Waals surface area contributed by atoms with E-state index in [1.54, 1.807) is 19.9 Å². The van der Waals surface area contributed by atoms with Gasteiger partial charge < -0.3 is 19.7 Å². The number of hydrogen-bond donors (Lipinski definition) is 2. The first-order valence-corrected chi connectivity index (χ1v) is 7.95. The van der Waals surface area contributed by atoms with Gasteiger partial charge in [0, 0.05) is 17.9 Å². The Bertz CT molecular complexity index is 611. The third kappa shape index (κ3) is 5.04. The Kier molecular flexibility index (Phi) is 5.96. The molecule has 0 aliphatic carbocycles. The van der Waals surface area contributed by atoms with Crippen molar-refractivity contribution in [2.45, 2.75) is 45.0 Å². The van der Waals surface area contributed by atoms with Crippen LogP contribution in [0, 0.1) is 11.7 Å². The van der Waals surface area contributed by atoms with E-state index in [-0.39, 0.29) is 18.1 Å². The summed E-state index contributed by atoms with van der Waals surface area (Å²) in [5, 5.41) is 18.7. The van der Waals surface area contributed by atoms with Crippen molar-refractivity contribution in [2.24, 2.45) is 5.92 Å². The first-order chi connectivity index (χ1) is 11.3. The molecule has 1 aromatic carbocycles. The van der Waals surface area contributed by atoms with Crippen molar-refractivity contribution in [1.82, 2.24) is 0 Å². The number of carboxylic acid groups (broad SMARTS) is 1. The van der Waals surface area contributed by atoms with Crippen LogP contribution in [0.4, 0.5) is 4.39 Å². The molecule has 0 aromatic heterocycles. The van der Waals surface area contributed by atoms with Crippen LogP contribution in [0.3, 0.4) is 0 Å². The second-order valence-corrected chi connectivity index (χ2v) is 6.35. The molecule has 1 heterocycles. The van der Waals surface area contributed by atoms with Gasteiger partial charge in [-0.05, 0) is 44.9 Å². The van der Waals surface area contributed by atoms with Gasteiger partial charge in [-0.2, -0.15) is 0 Å². The van der Waals surface area contributed by atoms with Crippen LogP contribution in [-0.4, -0.2) is 28.6 Å². The molecule has 0 saturated carbocycles. The lowest BCUT2D eigenvalue weighted by Gasteiger charge is -2.41. The van der Waals surface area contributed by atoms with E-state index in [4.69, 9.17) is 14.6 Å². The molecular formula is C18H23FO5. The van der Waals surface area contributed by atoms with Gasteiger partial charge in [0.2, 0.25) is 0 Å². The van der Waals surface area contributed by atoms with Gasteiger partial charge in [0.15, 0.2) is 5.79 Å². The molecule has 132 valence electrons. The zero-order valence-electron chi connectivity index (χ0n) is 13.9. The summed E-state index contributed by atoms with van der Waals surface area (Å²) in [6.07, 6.45) is 4.28. The lowest BCUT2D eigenvalue weighted by atomic mass is 9.91. The number of phenols is 1. The number of aliphatic carboxylic acids is 1. The molecule has 2 atom stereocenters. The number of carboxylic acids is 1. The van der Waals surface area contributed by atoms with Gasteiger partial charge in [-0.15, -0.1) is 0 Å². The Balaban J connectivity index is 2.13. The Morgan fingerprint density at radius 1 is 1.42 bits per heavy atom. The smallest absolute Gasteiger partial charge is 0.303 e. The second-order valence-electron chi connectivity index (χ2n) is 6.35. The molecule has 2 rings (SSSR count). The second kappa shape index (κ2) is 7.77. The third-order valence-electron chi connectivity index (χ3n) is 3.91. The van der Waals surface area contributed by atoms with Crippen LogP contribution >= 0.6 is 0 Å². The molecule has 0 unspecified atom stereocenters. The van der Waals surface area contributed by atoms with Crippen LogP contribution < -0.4 is 0 Å². The molecule has 0 spiro atoms. The molecule has 1 aliphatic heterocycles. The molecular weight excluding hydrogens is 315 g/mol. The number of halogens is 1. The van der Waals surface area contributed by atoms with Gasteiger partial charge in [0.05, 0.1) is 12.7 Å². The predicted molar refractivity (Wildman–Crippen MR) is 86.0 cm³/mol. The molecule has 0 radical (unpaired) electrons. The van der Waals surface area contributed by atoms with Crippen LogP contribution in [0.15, 0.2) is 30.4 Å². The van der Waals surface area contributed by atoms with Crippen molar-refractivity contribution in [3.05, 3.63) is 41.7 Å². The van der Waals surface area contributed by atoms with Crippen molar-refractivity contribution in [3.8, 4) is 5.75 Å². The van der Waals surface area contributed by atoms with Crippen LogP contribution in [0.5, 0.6) is 5.75 Å². The molecule has 5 nitrogen and oxygen atoms in total. The number of rotatable bonds is 6. The molecule has 6 heteroatoms. The summed E-state index contributed by atoms with van der Waals surface area (Å²) in [5.74, 6) is -2.22. The highest BCUT2D eigenvalue weighted by Gasteiger charge is 2.38. The fraction of sp³-hybridized carbons (Fsp3) is 0.500. The summed E-state index contributed by atoms with van der Waals surface area (Å²) in [6, 6.07) is 3.79. The summed E-state index contributed by atoms with van der Waals surface area (Å²) in [4.78, 5) is 10.5. The largest absolute Gasteiger partial charge is 0.508 e. The minimum atomic E-state index is -0.840. The van der Waals surface area contributed by atoms with E-state index in [0.717, 1.165) is 0 Å². The van der Waals surface area contributed by atoms with E-state index in [2.05, 4.69) is 0 Å². The van der Waals surface area contributed by atoms with Crippen molar-refractivity contribution in [1.29, 1.82) is 0 Å². The van der Waals surface area contributed by atoms with Crippen LogP contribution in [-0.2, 0) is 14.3 Å². The Morgan fingerprint density at radius 3 is 2.88 bits per heavy atom. The lowest BCUT2D eigenvalue weighted by Crippen LogP contribution is -2.41. The Labute approximate surface area is 140 Å². The molecule has 0 bridgehead atoms. The van der Waals surface area contributed by atoms with Crippen molar-refractivity contribution in [2.75, 3.05) is 6.61 Å². The maximum atomic E-state index is 13.6. The van der Waals surface area contributed by atoms with E-state index < -0.39 is 23.7 Å². The van der Waals surface area contributed by atoms with E-state index in [9.17, 15) is 14.3 Å². The highest BCUT2D eigenvalue weighted by atomic mass is 19.1. The lowest BCUT2D eigenvalue weighted by molar-refractivity contribution is -0.295. The number of carbonyl (C=O) groups is 1. The summed E-state index contributed by atoms with van der Waals surface area (Å²) < 4.78 is 25.2. The molecule has 0 amide bonds. The number of phenolic OH excluding ortho intramolecular Hbond substituents is 1. The van der Waals surface area contributed by atoms with Crippen LogP contribution in [0.1, 0.15) is 44.8 Å². The fourth-order valence-electron chi connectivity index (χ4n) is 2.69. The van der Waals surface area contributed by atoms with Crippen LogP contribution in [0.25, 0.3) is 0 Å². The summed E-state index contributed by atoms with van der Waals surface area (Å²) in [6.45, 7) is 3.95. The summed E-state index contributed by atoms with van der Waals surface area (Å²) >= 11 is 0. The molecule has 2 N–H and O–H groups in total. The Morgan fingerprint density at radius 2 is 2.17 bits per heavy atom. The molecule has 1 aromatic rings. The monoisotopic (exact) mass is 338 g/mol. The molecule has 1 fully saturated rings. The molecule has 1 saturated heterocycles. The number of ether oxygens (including phenoxy) is 2. The van der Waals surface area contributed by atoms with E-state index in [1.165, 1.54) is 18.2 Å². The SMILES string of the molecule is CC1(C)OC[C@@H](CC=CCCC(=O)O)[C@@H](c2cc(F)ccc2O)O1. The minimum Gasteiger partial charge on any atom is -0.508 e. The first kappa shape index (κ1) is 18.4. The summed E-state index contributed by atoms with van der Waals surface area (Å²) in [7, 11) is 0. The Hall–Kier alpha value is -1.92. The maximum Gasteiger partial charge on any atom is 0.303 e. The van der Waals surface area contributed by atoms with Gasteiger partial charge in [0.1, 0.15) is 11.6 Å². The topological polar surface area (TPSA) is 76.0 Å². The quantitative estimate of drug-likeness (QED) is 0.772.